The number of methoxy groups -OCH3 is 1. The second kappa shape index (κ2) is 7.15. The maximum Gasteiger partial charge on any atom is 0.494 e. The molecular weight excluding hydrogens is 305 g/mol. The van der Waals surface area contributed by atoms with Crippen LogP contribution in [-0.4, -0.2) is 37.9 Å². The molecular formula is C18H28BNO4. The smallest absolute Gasteiger partial charge is 0.494 e. The number of hydrogen-bond donors (Lipinski definition) is 1. The Balaban J connectivity index is 2.21. The second-order valence-electron chi connectivity index (χ2n) is 7.19. The molecule has 0 atom stereocenters. The molecule has 1 aliphatic heterocycles. The number of nitrogens with one attached hydrogen (secondary N) is 1. The lowest BCUT2D eigenvalue weighted by Crippen LogP contribution is -2.41. The average Bonchev–Trinajstić information content (AvgIpc) is 2.73. The molecule has 0 saturated carbocycles. The van der Waals surface area contributed by atoms with E-state index in [1.165, 1.54) is 0 Å². The van der Waals surface area contributed by atoms with Crippen LogP contribution >= 0.6 is 0 Å². The Labute approximate surface area is 145 Å². The van der Waals surface area contributed by atoms with E-state index in [0.717, 1.165) is 17.4 Å². The molecule has 5 nitrogen and oxygen atoms in total. The van der Waals surface area contributed by atoms with Gasteiger partial charge in [-0.2, -0.15) is 0 Å². The molecule has 1 fully saturated rings. The summed E-state index contributed by atoms with van der Waals surface area (Å²) in [5.41, 5.74) is 0.943. The lowest BCUT2D eigenvalue weighted by Gasteiger charge is -2.32. The minimum atomic E-state index is -0.446. The van der Waals surface area contributed by atoms with Gasteiger partial charge in [0.25, 0.3) is 0 Å². The van der Waals surface area contributed by atoms with Crippen molar-refractivity contribution in [2.45, 2.75) is 58.7 Å². The topological polar surface area (TPSA) is 56.8 Å². The minimum absolute atomic E-state index is 0.0128. The number of hydrogen-bond acceptors (Lipinski definition) is 4. The zero-order chi connectivity index (χ0) is 18.0. The monoisotopic (exact) mass is 333 g/mol. The van der Waals surface area contributed by atoms with Gasteiger partial charge in [-0.3, -0.25) is 4.79 Å². The third-order valence-electron chi connectivity index (χ3n) is 4.75. The van der Waals surface area contributed by atoms with E-state index in [1.54, 1.807) is 7.11 Å². The first-order valence-electron chi connectivity index (χ1n) is 8.49. The predicted octanol–water partition coefficient (Wildman–Crippen LogP) is 2.06. The van der Waals surface area contributed by atoms with E-state index in [9.17, 15) is 4.79 Å². The molecule has 1 heterocycles. The van der Waals surface area contributed by atoms with Gasteiger partial charge in [0.2, 0.25) is 5.91 Å². The Morgan fingerprint density at radius 2 is 1.83 bits per heavy atom. The molecule has 1 aromatic carbocycles. The van der Waals surface area contributed by atoms with Gasteiger partial charge in [-0.05, 0) is 45.6 Å². The second-order valence-corrected chi connectivity index (χ2v) is 7.19. The number of carbonyl (C=O) groups excluding carboxylic acids is 1. The Morgan fingerprint density at radius 1 is 1.21 bits per heavy atom. The molecule has 1 amide bonds. The molecule has 1 N–H and O–H groups in total. The van der Waals surface area contributed by atoms with Crippen molar-refractivity contribution >= 4 is 18.5 Å². The van der Waals surface area contributed by atoms with Crippen LogP contribution in [0, 0.1) is 0 Å². The van der Waals surface area contributed by atoms with E-state index < -0.39 is 18.3 Å². The minimum Gasteiger partial charge on any atom is -0.496 e. The molecule has 0 spiro atoms. The standard InChI is InChI=1S/C18H28BNO4/c1-7-10-20-16(21)12-13-11-14(8-9-15(13)22-6)19-23-17(2,3)18(4,5)24-19/h8-9,11H,7,10,12H2,1-6H3,(H,20,21). The van der Waals surface area contributed by atoms with Crippen LogP contribution in [0.1, 0.15) is 46.6 Å². The molecule has 2 rings (SSSR count). The first-order chi connectivity index (χ1) is 11.2. The van der Waals surface area contributed by atoms with Crippen LogP contribution in [0.25, 0.3) is 0 Å². The summed E-state index contributed by atoms with van der Waals surface area (Å²) in [7, 11) is 1.16. The molecule has 0 aliphatic carbocycles. The van der Waals surface area contributed by atoms with Crippen molar-refractivity contribution in [3.63, 3.8) is 0 Å². The van der Waals surface area contributed by atoms with Crippen molar-refractivity contribution in [1.82, 2.24) is 5.32 Å². The fraction of sp³-hybridized carbons (Fsp3) is 0.611. The van der Waals surface area contributed by atoms with Crippen LogP contribution in [0.4, 0.5) is 0 Å². The SMILES string of the molecule is CCCNC(=O)Cc1cc(B2OC(C)(C)C(C)(C)O2)ccc1OC. The van der Waals surface area contributed by atoms with Crippen LogP contribution in [0.2, 0.25) is 0 Å². The van der Waals surface area contributed by atoms with E-state index in [1.807, 2.05) is 52.8 Å². The predicted molar refractivity (Wildman–Crippen MR) is 95.7 cm³/mol. The van der Waals surface area contributed by atoms with Crippen LogP contribution < -0.4 is 15.5 Å². The summed E-state index contributed by atoms with van der Waals surface area (Å²) in [6, 6.07) is 5.73. The highest BCUT2D eigenvalue weighted by atomic mass is 16.7. The van der Waals surface area contributed by atoms with Crippen molar-refractivity contribution in [2.75, 3.05) is 13.7 Å². The Bertz CT molecular complexity index is 585. The zero-order valence-electron chi connectivity index (χ0n) is 15.6. The zero-order valence-corrected chi connectivity index (χ0v) is 15.6. The molecule has 1 aromatic rings. The summed E-state index contributed by atoms with van der Waals surface area (Å²) in [5, 5.41) is 2.89. The van der Waals surface area contributed by atoms with Gasteiger partial charge in [0.1, 0.15) is 5.75 Å². The molecule has 1 saturated heterocycles. The van der Waals surface area contributed by atoms with Crippen molar-refractivity contribution < 1.29 is 18.8 Å². The van der Waals surface area contributed by atoms with E-state index >= 15 is 0 Å². The first kappa shape index (κ1) is 18.8. The van der Waals surface area contributed by atoms with Crippen LogP contribution in [0.5, 0.6) is 5.75 Å². The fourth-order valence-corrected chi connectivity index (χ4v) is 2.56. The highest BCUT2D eigenvalue weighted by Gasteiger charge is 2.51. The summed E-state index contributed by atoms with van der Waals surface area (Å²) in [5.74, 6) is 0.683. The molecule has 0 unspecified atom stereocenters. The molecule has 0 aromatic heterocycles. The summed E-state index contributed by atoms with van der Waals surface area (Å²) < 4.78 is 17.6. The van der Waals surface area contributed by atoms with Crippen LogP contribution in [-0.2, 0) is 20.5 Å². The Hall–Kier alpha value is -1.53. The third kappa shape index (κ3) is 3.93. The molecule has 1 aliphatic rings. The number of benzene rings is 1. The van der Waals surface area contributed by atoms with Crippen LogP contribution in [0.3, 0.4) is 0 Å². The lowest BCUT2D eigenvalue weighted by atomic mass is 9.78. The Morgan fingerprint density at radius 3 is 2.38 bits per heavy atom. The van der Waals surface area contributed by atoms with Gasteiger partial charge < -0.3 is 19.4 Å². The molecule has 0 bridgehead atoms. The van der Waals surface area contributed by atoms with Gasteiger partial charge in [0.15, 0.2) is 0 Å². The summed E-state index contributed by atoms with van der Waals surface area (Å²) >= 11 is 0. The van der Waals surface area contributed by atoms with Gasteiger partial charge >= 0.3 is 7.12 Å². The highest BCUT2D eigenvalue weighted by Crippen LogP contribution is 2.36. The molecule has 132 valence electrons. The van der Waals surface area contributed by atoms with Crippen LogP contribution in [0.15, 0.2) is 18.2 Å². The van der Waals surface area contributed by atoms with E-state index in [-0.39, 0.29) is 12.3 Å². The fourth-order valence-electron chi connectivity index (χ4n) is 2.56. The number of ether oxygens (including phenoxy) is 1. The first-order valence-corrected chi connectivity index (χ1v) is 8.49. The van der Waals surface area contributed by atoms with Crippen molar-refractivity contribution in [3.8, 4) is 5.75 Å². The lowest BCUT2D eigenvalue weighted by molar-refractivity contribution is -0.120. The van der Waals surface area contributed by atoms with Gasteiger partial charge in [-0.1, -0.05) is 19.1 Å². The van der Waals surface area contributed by atoms with Gasteiger partial charge in [-0.15, -0.1) is 0 Å². The van der Waals surface area contributed by atoms with Gasteiger partial charge in [-0.25, -0.2) is 0 Å². The molecule has 24 heavy (non-hydrogen) atoms. The largest absolute Gasteiger partial charge is 0.496 e. The normalized spacial score (nSPS) is 18.5. The van der Waals surface area contributed by atoms with E-state index in [0.29, 0.717) is 12.3 Å². The Kier molecular flexibility index (Phi) is 5.61. The maximum absolute atomic E-state index is 12.0. The molecule has 0 radical (unpaired) electrons. The third-order valence-corrected chi connectivity index (χ3v) is 4.75. The van der Waals surface area contributed by atoms with Crippen molar-refractivity contribution in [3.05, 3.63) is 23.8 Å². The average molecular weight is 333 g/mol. The number of carbonyl (C=O) groups is 1. The summed E-state index contributed by atoms with van der Waals surface area (Å²) in [6.45, 7) is 10.8. The van der Waals surface area contributed by atoms with E-state index in [4.69, 9.17) is 14.0 Å². The summed E-state index contributed by atoms with van der Waals surface area (Å²) in [6.07, 6.45) is 1.19. The van der Waals surface area contributed by atoms with Crippen molar-refractivity contribution in [2.24, 2.45) is 0 Å². The quantitative estimate of drug-likeness (QED) is 0.810. The van der Waals surface area contributed by atoms with Crippen molar-refractivity contribution in [1.29, 1.82) is 0 Å². The van der Waals surface area contributed by atoms with Gasteiger partial charge in [0.05, 0.1) is 24.7 Å². The number of rotatable bonds is 6. The van der Waals surface area contributed by atoms with Gasteiger partial charge in [0, 0.05) is 12.1 Å². The molecule has 6 heteroatoms. The van der Waals surface area contributed by atoms with E-state index in [2.05, 4.69) is 5.32 Å². The summed E-state index contributed by atoms with van der Waals surface area (Å²) in [4.78, 5) is 12.0. The number of amides is 1. The highest BCUT2D eigenvalue weighted by molar-refractivity contribution is 6.62. The maximum atomic E-state index is 12.0.